The van der Waals surface area contributed by atoms with Crippen LogP contribution in [-0.2, 0) is 7.05 Å². The predicted molar refractivity (Wildman–Crippen MR) is 114 cm³/mol. The molecule has 0 aliphatic rings. The second-order valence-electron chi connectivity index (χ2n) is 6.43. The summed E-state index contributed by atoms with van der Waals surface area (Å²) >= 11 is 1.64. The van der Waals surface area contributed by atoms with Gasteiger partial charge < -0.3 is 4.57 Å². The minimum absolute atomic E-state index is 0.601. The number of aryl methyl sites for hydroxylation is 1. The molecule has 0 radical (unpaired) electrons. The first-order chi connectivity index (χ1) is 13.6. The smallest absolute Gasteiger partial charge is 0.158 e. The molecule has 0 saturated carbocycles. The number of nitriles is 1. The third-order valence-electron chi connectivity index (χ3n) is 4.63. The van der Waals surface area contributed by atoms with Gasteiger partial charge in [0.15, 0.2) is 5.82 Å². The van der Waals surface area contributed by atoms with E-state index in [1.54, 1.807) is 17.6 Å². The highest BCUT2D eigenvalue weighted by Gasteiger charge is 2.11. The van der Waals surface area contributed by atoms with Gasteiger partial charge in [-0.15, -0.1) is 11.3 Å². The van der Waals surface area contributed by atoms with Crippen molar-refractivity contribution in [2.45, 2.75) is 13.8 Å². The number of aromatic nitrogens is 3. The lowest BCUT2D eigenvalue weighted by molar-refractivity contribution is 0.865. The van der Waals surface area contributed by atoms with Crippen LogP contribution in [0.15, 0.2) is 47.6 Å². The average Bonchev–Trinajstić information content (AvgIpc) is 3.25. The van der Waals surface area contributed by atoms with E-state index < -0.39 is 0 Å². The van der Waals surface area contributed by atoms with E-state index in [1.165, 1.54) is 0 Å². The monoisotopic (exact) mass is 386 g/mol. The lowest BCUT2D eigenvalue weighted by atomic mass is 10.2. The molecule has 4 rings (SSSR count). The Morgan fingerprint density at radius 1 is 1.18 bits per heavy atom. The molecule has 0 amide bonds. The topological polar surface area (TPSA) is 78.9 Å². The maximum atomic E-state index is 9.16. The highest BCUT2D eigenvalue weighted by molar-refractivity contribution is 7.21. The summed E-state index contributed by atoms with van der Waals surface area (Å²) in [6.07, 6.45) is 1.71. The Hall–Kier alpha value is -3.50. The van der Waals surface area contributed by atoms with Crippen molar-refractivity contribution in [2.24, 2.45) is 12.1 Å². The second kappa shape index (κ2) is 7.25. The molecule has 7 heteroatoms. The van der Waals surface area contributed by atoms with E-state index in [0.29, 0.717) is 17.3 Å². The van der Waals surface area contributed by atoms with Crippen molar-refractivity contribution >= 4 is 33.6 Å². The van der Waals surface area contributed by atoms with E-state index in [4.69, 9.17) is 5.26 Å². The normalized spacial score (nSPS) is 11.2. The molecule has 1 aromatic carbocycles. The molecule has 138 valence electrons. The molecule has 0 unspecified atom stereocenters. The van der Waals surface area contributed by atoms with Gasteiger partial charge in [0.1, 0.15) is 22.4 Å². The van der Waals surface area contributed by atoms with Crippen LogP contribution in [0, 0.1) is 25.2 Å². The van der Waals surface area contributed by atoms with Crippen LogP contribution in [0.4, 0.5) is 5.82 Å². The lowest BCUT2D eigenvalue weighted by Gasteiger charge is -2.02. The van der Waals surface area contributed by atoms with Crippen molar-refractivity contribution in [3.63, 3.8) is 0 Å². The molecule has 1 N–H and O–H groups in total. The standard InChI is InChI=1S/C21H18N6S/c1-13-16(9-17(11-22)27(13)3)12-23-26-20-18-10-19(15-7-5-4-6-8-15)28-21(18)25-14(2)24-20/h4-10,12H,1-3H3,(H,24,25,26)/b23-12-. The summed E-state index contributed by atoms with van der Waals surface area (Å²) in [6, 6.07) is 16.3. The Kier molecular flexibility index (Phi) is 4.63. The third kappa shape index (κ3) is 3.26. The fraction of sp³-hybridized carbons (Fsp3) is 0.143. The summed E-state index contributed by atoms with van der Waals surface area (Å²) in [7, 11) is 1.87. The maximum absolute atomic E-state index is 9.16. The van der Waals surface area contributed by atoms with Crippen LogP contribution in [0.5, 0.6) is 0 Å². The molecule has 3 aromatic heterocycles. The van der Waals surface area contributed by atoms with Gasteiger partial charge in [-0.05, 0) is 31.5 Å². The van der Waals surface area contributed by atoms with Crippen molar-refractivity contribution in [1.82, 2.24) is 14.5 Å². The molecule has 0 atom stereocenters. The second-order valence-corrected chi connectivity index (χ2v) is 7.46. The number of thiophene rings is 1. The highest BCUT2D eigenvalue weighted by Crippen LogP contribution is 2.35. The number of hydrogen-bond donors (Lipinski definition) is 1. The van der Waals surface area contributed by atoms with Crippen molar-refractivity contribution in [3.05, 3.63) is 65.2 Å². The van der Waals surface area contributed by atoms with E-state index in [1.807, 2.05) is 49.7 Å². The maximum Gasteiger partial charge on any atom is 0.158 e. The molecule has 4 aromatic rings. The van der Waals surface area contributed by atoms with Crippen molar-refractivity contribution in [2.75, 3.05) is 5.43 Å². The zero-order chi connectivity index (χ0) is 19.7. The molecule has 0 spiro atoms. The van der Waals surface area contributed by atoms with Crippen LogP contribution in [0.3, 0.4) is 0 Å². The zero-order valence-corrected chi connectivity index (χ0v) is 16.6. The highest BCUT2D eigenvalue weighted by atomic mass is 32.1. The van der Waals surface area contributed by atoms with Crippen molar-refractivity contribution in [3.8, 4) is 16.5 Å². The Balaban J connectivity index is 1.67. The van der Waals surface area contributed by atoms with Crippen LogP contribution < -0.4 is 5.43 Å². The number of rotatable bonds is 4. The SMILES string of the molecule is Cc1nc(N/N=C\c2cc(C#N)n(C)c2C)c2cc(-c3ccccc3)sc2n1. The van der Waals surface area contributed by atoms with E-state index >= 15 is 0 Å². The first kappa shape index (κ1) is 17.9. The number of fused-ring (bicyclic) bond motifs is 1. The molecular weight excluding hydrogens is 368 g/mol. The van der Waals surface area contributed by atoms with E-state index in [0.717, 1.165) is 31.9 Å². The van der Waals surface area contributed by atoms with E-state index in [2.05, 4.69) is 44.8 Å². The first-order valence-electron chi connectivity index (χ1n) is 8.76. The summed E-state index contributed by atoms with van der Waals surface area (Å²) < 4.78 is 1.85. The minimum atomic E-state index is 0.601. The lowest BCUT2D eigenvalue weighted by Crippen LogP contribution is -1.98. The number of anilines is 1. The van der Waals surface area contributed by atoms with Gasteiger partial charge in [-0.1, -0.05) is 30.3 Å². The molecule has 0 aliphatic heterocycles. The van der Waals surface area contributed by atoms with Crippen molar-refractivity contribution in [1.29, 1.82) is 5.26 Å². The van der Waals surface area contributed by atoms with Crippen LogP contribution >= 0.6 is 11.3 Å². The van der Waals surface area contributed by atoms with Gasteiger partial charge in [0.05, 0.1) is 11.6 Å². The Morgan fingerprint density at radius 3 is 2.68 bits per heavy atom. The number of hydrazone groups is 1. The quantitative estimate of drug-likeness (QED) is 0.410. The summed E-state index contributed by atoms with van der Waals surface area (Å²) in [6.45, 7) is 3.83. The first-order valence-corrected chi connectivity index (χ1v) is 9.57. The Morgan fingerprint density at radius 2 is 1.96 bits per heavy atom. The van der Waals surface area contributed by atoms with Crippen LogP contribution in [0.1, 0.15) is 22.8 Å². The Labute approximate surface area is 166 Å². The fourth-order valence-corrected chi connectivity index (χ4v) is 4.06. The van der Waals surface area contributed by atoms with Gasteiger partial charge >= 0.3 is 0 Å². The molecule has 0 fully saturated rings. The van der Waals surface area contributed by atoms with Gasteiger partial charge in [-0.25, -0.2) is 9.97 Å². The van der Waals surface area contributed by atoms with Crippen LogP contribution in [0.2, 0.25) is 0 Å². The zero-order valence-electron chi connectivity index (χ0n) is 15.8. The van der Waals surface area contributed by atoms with E-state index in [9.17, 15) is 0 Å². The molecule has 3 heterocycles. The summed E-state index contributed by atoms with van der Waals surface area (Å²) in [5, 5.41) is 14.4. The van der Waals surface area contributed by atoms with Crippen LogP contribution in [-0.4, -0.2) is 20.7 Å². The number of hydrogen-bond acceptors (Lipinski definition) is 6. The molecule has 28 heavy (non-hydrogen) atoms. The van der Waals surface area contributed by atoms with Gasteiger partial charge in [0, 0.05) is 23.2 Å². The van der Waals surface area contributed by atoms with E-state index in [-0.39, 0.29) is 0 Å². The molecule has 0 saturated heterocycles. The van der Waals surface area contributed by atoms with Crippen LogP contribution in [0.25, 0.3) is 20.7 Å². The number of nitrogens with zero attached hydrogens (tertiary/aromatic N) is 5. The predicted octanol–water partition coefficient (Wildman–Crippen LogP) is 4.63. The molecule has 0 aliphatic carbocycles. The largest absolute Gasteiger partial charge is 0.339 e. The fourth-order valence-electron chi connectivity index (χ4n) is 2.98. The minimum Gasteiger partial charge on any atom is -0.339 e. The number of nitrogens with one attached hydrogen (secondary N) is 1. The third-order valence-corrected chi connectivity index (χ3v) is 5.70. The summed E-state index contributed by atoms with van der Waals surface area (Å²) in [5.74, 6) is 1.36. The average molecular weight is 386 g/mol. The summed E-state index contributed by atoms with van der Waals surface area (Å²) in [4.78, 5) is 11.1. The number of benzene rings is 1. The summed E-state index contributed by atoms with van der Waals surface area (Å²) in [5.41, 5.74) is 6.68. The Bertz CT molecular complexity index is 1230. The molecule has 6 nitrogen and oxygen atoms in total. The molecular formula is C21H18N6S. The van der Waals surface area contributed by atoms with Gasteiger partial charge in [-0.2, -0.15) is 10.4 Å². The van der Waals surface area contributed by atoms with Gasteiger partial charge in [-0.3, -0.25) is 5.43 Å². The van der Waals surface area contributed by atoms with Gasteiger partial charge in [0.25, 0.3) is 0 Å². The van der Waals surface area contributed by atoms with Gasteiger partial charge in [0.2, 0.25) is 0 Å². The molecule has 0 bridgehead atoms. The van der Waals surface area contributed by atoms with Crippen molar-refractivity contribution < 1.29 is 0 Å².